The number of methoxy groups -OCH3 is 1. The van der Waals surface area contributed by atoms with Crippen molar-refractivity contribution in [1.29, 1.82) is 0 Å². The molecule has 1 amide bonds. The lowest BCUT2D eigenvalue weighted by Gasteiger charge is -2.30. The number of ether oxygens (including phenoxy) is 2. The normalized spacial score (nSPS) is 22.5. The summed E-state index contributed by atoms with van der Waals surface area (Å²) in [6.07, 6.45) is -0.190. The van der Waals surface area contributed by atoms with Crippen LogP contribution in [0.25, 0.3) is 0 Å². The second-order valence-electron chi connectivity index (χ2n) is 8.30. The van der Waals surface area contributed by atoms with Gasteiger partial charge < -0.3 is 19.7 Å². The van der Waals surface area contributed by atoms with Crippen LogP contribution in [0, 0.1) is 11.7 Å². The van der Waals surface area contributed by atoms with E-state index in [-0.39, 0.29) is 35.2 Å². The quantitative estimate of drug-likeness (QED) is 0.700. The number of hydrogen-bond donors (Lipinski definition) is 2. The van der Waals surface area contributed by atoms with Gasteiger partial charge in [0.1, 0.15) is 23.1 Å². The summed E-state index contributed by atoms with van der Waals surface area (Å²) >= 11 is 0. The molecule has 33 heavy (non-hydrogen) atoms. The Morgan fingerprint density at radius 2 is 1.94 bits per heavy atom. The first-order chi connectivity index (χ1) is 15.6. The van der Waals surface area contributed by atoms with Crippen LogP contribution in [-0.4, -0.2) is 65.2 Å². The van der Waals surface area contributed by atoms with Gasteiger partial charge in [-0.15, -0.1) is 0 Å². The predicted octanol–water partition coefficient (Wildman–Crippen LogP) is 2.72. The van der Waals surface area contributed by atoms with Gasteiger partial charge in [-0.05, 0) is 43.2 Å². The molecular weight excluding hydrogens is 449 g/mol. The number of nitrogens with one attached hydrogen (secondary N) is 2. The zero-order chi connectivity index (χ0) is 24.2. The van der Waals surface area contributed by atoms with Crippen molar-refractivity contribution in [2.24, 2.45) is 5.92 Å². The fraction of sp³-hybridized carbons (Fsp3) is 0.435. The molecule has 0 saturated heterocycles. The summed E-state index contributed by atoms with van der Waals surface area (Å²) in [5.41, 5.74) is 0.318. The number of benzene rings is 2. The molecule has 0 aromatic heterocycles. The van der Waals surface area contributed by atoms with Crippen molar-refractivity contribution < 1.29 is 27.1 Å². The largest absolute Gasteiger partial charge is 0.491 e. The van der Waals surface area contributed by atoms with E-state index in [0.29, 0.717) is 25.4 Å². The van der Waals surface area contributed by atoms with E-state index in [9.17, 15) is 17.6 Å². The number of nitrogens with zero attached hydrogens (tertiary/aromatic N) is 1. The number of rotatable bonds is 4. The smallest absolute Gasteiger partial charge is 0.264 e. The van der Waals surface area contributed by atoms with Crippen molar-refractivity contribution in [3.8, 4) is 5.75 Å². The second kappa shape index (κ2) is 10.5. The molecule has 0 fully saturated rings. The average Bonchev–Trinajstić information content (AvgIpc) is 2.78. The monoisotopic (exact) mass is 479 g/mol. The van der Waals surface area contributed by atoms with Gasteiger partial charge in [0.15, 0.2) is 0 Å². The van der Waals surface area contributed by atoms with E-state index in [1.807, 2.05) is 13.8 Å². The van der Waals surface area contributed by atoms with Gasteiger partial charge in [-0.2, -0.15) is 0 Å². The van der Waals surface area contributed by atoms with Crippen molar-refractivity contribution in [3.63, 3.8) is 0 Å². The van der Waals surface area contributed by atoms with Crippen LogP contribution in [0.2, 0.25) is 0 Å². The molecule has 8 nitrogen and oxygen atoms in total. The van der Waals surface area contributed by atoms with E-state index in [2.05, 4.69) is 10.0 Å². The van der Waals surface area contributed by atoms with Crippen LogP contribution < -0.4 is 14.8 Å². The molecule has 1 aliphatic heterocycles. The highest BCUT2D eigenvalue weighted by Gasteiger charge is 2.26. The summed E-state index contributed by atoms with van der Waals surface area (Å²) in [7, 11) is -0.923. The van der Waals surface area contributed by atoms with Gasteiger partial charge in [0, 0.05) is 39.0 Å². The van der Waals surface area contributed by atoms with Crippen LogP contribution in [0.1, 0.15) is 24.2 Å². The van der Waals surface area contributed by atoms with Gasteiger partial charge in [0.2, 0.25) is 0 Å². The highest BCUT2D eigenvalue weighted by atomic mass is 32.2. The Hall–Kier alpha value is -2.69. The number of sulfonamides is 1. The van der Waals surface area contributed by atoms with Crippen molar-refractivity contribution in [2.45, 2.75) is 30.9 Å². The third-order valence-electron chi connectivity index (χ3n) is 5.60. The predicted molar refractivity (Wildman–Crippen MR) is 124 cm³/mol. The number of amides is 1. The fourth-order valence-electron chi connectivity index (χ4n) is 3.60. The van der Waals surface area contributed by atoms with Crippen LogP contribution in [0.3, 0.4) is 0 Å². The maximum atomic E-state index is 14.0. The lowest BCUT2D eigenvalue weighted by molar-refractivity contribution is 0.0281. The molecule has 0 radical (unpaired) electrons. The number of carbonyl (C=O) groups excluding carboxylic acids is 1. The molecule has 2 aromatic rings. The third-order valence-corrected chi connectivity index (χ3v) is 7.02. The number of fused-ring (bicyclic) bond motifs is 1. The van der Waals surface area contributed by atoms with E-state index in [0.717, 1.165) is 6.07 Å². The molecule has 3 rings (SSSR count). The zero-order valence-electron chi connectivity index (χ0n) is 19.2. The molecule has 0 aliphatic carbocycles. The maximum Gasteiger partial charge on any atom is 0.264 e. The zero-order valence-corrected chi connectivity index (χ0v) is 20.0. The van der Waals surface area contributed by atoms with Crippen LogP contribution in [0.5, 0.6) is 5.75 Å². The first-order valence-electron chi connectivity index (χ1n) is 10.7. The Kier molecular flexibility index (Phi) is 7.93. The molecule has 1 aliphatic rings. The van der Waals surface area contributed by atoms with Crippen molar-refractivity contribution in [3.05, 3.63) is 53.8 Å². The summed E-state index contributed by atoms with van der Waals surface area (Å²) in [5, 5.41) is 3.40. The summed E-state index contributed by atoms with van der Waals surface area (Å²) in [5.74, 6) is -0.730. The molecular formula is C23H30FN3O5S. The van der Waals surface area contributed by atoms with E-state index in [4.69, 9.17) is 9.47 Å². The first kappa shape index (κ1) is 24.9. The van der Waals surface area contributed by atoms with E-state index < -0.39 is 20.7 Å². The topological polar surface area (TPSA) is 97.0 Å². The van der Waals surface area contributed by atoms with Gasteiger partial charge in [-0.3, -0.25) is 9.52 Å². The molecule has 1 heterocycles. The minimum atomic E-state index is -4.19. The highest BCUT2D eigenvalue weighted by molar-refractivity contribution is 7.92. The van der Waals surface area contributed by atoms with E-state index in [1.165, 1.54) is 41.3 Å². The van der Waals surface area contributed by atoms with Crippen LogP contribution in [0.15, 0.2) is 47.4 Å². The average molecular weight is 480 g/mol. The first-order valence-corrected chi connectivity index (χ1v) is 12.2. The third kappa shape index (κ3) is 6.01. The molecule has 180 valence electrons. The lowest BCUT2D eigenvalue weighted by Crippen LogP contribution is -2.44. The molecule has 3 atom stereocenters. The molecule has 0 bridgehead atoms. The van der Waals surface area contributed by atoms with Crippen molar-refractivity contribution in [1.82, 2.24) is 10.2 Å². The summed E-state index contributed by atoms with van der Waals surface area (Å²) in [6, 6.07) is 9.53. The van der Waals surface area contributed by atoms with Crippen LogP contribution in [0.4, 0.5) is 10.1 Å². The SMILES string of the molecule is CO[C@@H]1CN(C)C(=O)c2cc(NS(=O)(=O)c3ccccc3F)ccc2OC[C@H](C)NC[C@@H]1C. The lowest BCUT2D eigenvalue weighted by atomic mass is 10.0. The van der Waals surface area contributed by atoms with Crippen LogP contribution in [-0.2, 0) is 14.8 Å². The number of halogens is 1. The fourth-order valence-corrected chi connectivity index (χ4v) is 4.73. The number of hydrogen-bond acceptors (Lipinski definition) is 6. The Morgan fingerprint density at radius 1 is 1.21 bits per heavy atom. The maximum absolute atomic E-state index is 14.0. The van der Waals surface area contributed by atoms with E-state index >= 15 is 0 Å². The Balaban J connectivity index is 1.95. The van der Waals surface area contributed by atoms with Gasteiger partial charge in [-0.25, -0.2) is 12.8 Å². The second-order valence-corrected chi connectivity index (χ2v) is 9.96. The Morgan fingerprint density at radius 3 is 2.64 bits per heavy atom. The molecule has 0 unspecified atom stereocenters. The summed E-state index contributed by atoms with van der Waals surface area (Å²) in [6.45, 7) is 5.38. The summed E-state index contributed by atoms with van der Waals surface area (Å²) in [4.78, 5) is 14.3. The Labute approximate surface area is 194 Å². The van der Waals surface area contributed by atoms with Gasteiger partial charge in [0.05, 0.1) is 11.7 Å². The number of likely N-dealkylation sites (N-methyl/N-ethyl adjacent to an activating group) is 1. The van der Waals surface area contributed by atoms with Gasteiger partial charge in [-0.1, -0.05) is 19.1 Å². The van der Waals surface area contributed by atoms with E-state index in [1.54, 1.807) is 14.2 Å². The van der Waals surface area contributed by atoms with Crippen LogP contribution >= 0.6 is 0 Å². The molecule has 0 spiro atoms. The number of carbonyl (C=O) groups is 1. The van der Waals surface area contributed by atoms with Crippen molar-refractivity contribution >= 4 is 21.6 Å². The molecule has 0 saturated carbocycles. The molecule has 2 N–H and O–H groups in total. The minimum absolute atomic E-state index is 0.0179. The highest BCUT2D eigenvalue weighted by Crippen LogP contribution is 2.27. The number of anilines is 1. The standard InChI is InChI=1S/C23H30FN3O5S/c1-15-12-25-16(2)14-32-20-10-9-17(11-18(20)23(28)27(3)13-21(15)31-4)26-33(29,30)22-8-6-5-7-19(22)24/h5-11,15-16,21,25-26H,12-14H2,1-4H3/t15-,16-,21+/m0/s1. The molecule has 10 heteroatoms. The van der Waals surface area contributed by atoms with Gasteiger partial charge >= 0.3 is 0 Å². The van der Waals surface area contributed by atoms with Gasteiger partial charge in [0.25, 0.3) is 15.9 Å². The summed E-state index contributed by atoms with van der Waals surface area (Å²) < 4.78 is 53.3. The molecule has 2 aromatic carbocycles. The van der Waals surface area contributed by atoms with Crippen molar-refractivity contribution in [2.75, 3.05) is 38.6 Å². The Bertz CT molecular complexity index is 1100. The minimum Gasteiger partial charge on any atom is -0.491 e.